The molecule has 2 aliphatic rings. The fourth-order valence-electron chi connectivity index (χ4n) is 2.29. The van der Waals surface area contributed by atoms with Crippen molar-refractivity contribution in [3.05, 3.63) is 53.3 Å². The van der Waals surface area contributed by atoms with Gasteiger partial charge < -0.3 is 9.52 Å². The van der Waals surface area contributed by atoms with E-state index < -0.39 is 6.10 Å². The molecule has 82 valence electrons. The number of aryl methyl sites for hydroxylation is 1. The highest BCUT2D eigenvalue weighted by molar-refractivity contribution is 5.38. The standard InChI is InChI=1S/C13H13NO2/c1-8-14-13-11(15)6-9-4-2-3-5-10(9)7-12(13)16-8/h2-6,10-11,15H,7H2,1H3. The first-order chi connectivity index (χ1) is 7.74. The second kappa shape index (κ2) is 3.46. The van der Waals surface area contributed by atoms with Crippen LogP contribution in [0, 0.1) is 12.8 Å². The Morgan fingerprint density at radius 2 is 2.31 bits per heavy atom. The van der Waals surface area contributed by atoms with E-state index in [1.165, 1.54) is 0 Å². The summed E-state index contributed by atoms with van der Waals surface area (Å²) in [5.74, 6) is 1.73. The topological polar surface area (TPSA) is 46.3 Å². The Labute approximate surface area is 93.8 Å². The first kappa shape index (κ1) is 9.60. The first-order valence-corrected chi connectivity index (χ1v) is 5.45. The smallest absolute Gasteiger partial charge is 0.191 e. The maximum absolute atomic E-state index is 10.0. The van der Waals surface area contributed by atoms with Gasteiger partial charge in [0.15, 0.2) is 5.89 Å². The van der Waals surface area contributed by atoms with Crippen molar-refractivity contribution < 1.29 is 9.52 Å². The maximum atomic E-state index is 10.0. The lowest BCUT2D eigenvalue weighted by molar-refractivity contribution is 0.222. The van der Waals surface area contributed by atoms with Gasteiger partial charge in [0, 0.05) is 19.3 Å². The van der Waals surface area contributed by atoms with Crippen molar-refractivity contribution in [1.82, 2.24) is 4.98 Å². The third-order valence-corrected chi connectivity index (χ3v) is 3.04. The summed E-state index contributed by atoms with van der Waals surface area (Å²) in [4.78, 5) is 4.24. The quantitative estimate of drug-likeness (QED) is 0.722. The molecule has 2 aliphatic carbocycles. The van der Waals surface area contributed by atoms with Gasteiger partial charge in [0.25, 0.3) is 0 Å². The van der Waals surface area contributed by atoms with E-state index in [0.29, 0.717) is 17.5 Å². The Morgan fingerprint density at radius 1 is 1.44 bits per heavy atom. The summed E-state index contributed by atoms with van der Waals surface area (Å²) in [6.07, 6.45) is 10.2. The van der Waals surface area contributed by atoms with Gasteiger partial charge in [-0.25, -0.2) is 4.98 Å². The summed E-state index contributed by atoms with van der Waals surface area (Å²) in [6, 6.07) is 0. The molecule has 0 bridgehead atoms. The lowest BCUT2D eigenvalue weighted by atomic mass is 9.92. The van der Waals surface area contributed by atoms with Gasteiger partial charge in [0.2, 0.25) is 0 Å². The molecule has 3 nitrogen and oxygen atoms in total. The minimum Gasteiger partial charge on any atom is -0.446 e. The van der Waals surface area contributed by atoms with Crippen LogP contribution in [0.2, 0.25) is 0 Å². The molecular weight excluding hydrogens is 202 g/mol. The fourth-order valence-corrected chi connectivity index (χ4v) is 2.29. The van der Waals surface area contributed by atoms with Gasteiger partial charge >= 0.3 is 0 Å². The van der Waals surface area contributed by atoms with Gasteiger partial charge in [-0.15, -0.1) is 0 Å². The van der Waals surface area contributed by atoms with E-state index in [-0.39, 0.29) is 0 Å². The molecule has 0 amide bonds. The van der Waals surface area contributed by atoms with Crippen LogP contribution in [-0.2, 0) is 6.42 Å². The molecule has 2 unspecified atom stereocenters. The van der Waals surface area contributed by atoms with Gasteiger partial charge in [-0.1, -0.05) is 24.3 Å². The average Bonchev–Trinajstić information content (AvgIpc) is 2.57. The summed E-state index contributed by atoms with van der Waals surface area (Å²) in [6.45, 7) is 1.81. The average molecular weight is 215 g/mol. The molecule has 1 heterocycles. The molecule has 0 radical (unpaired) electrons. The van der Waals surface area contributed by atoms with Crippen LogP contribution in [-0.4, -0.2) is 10.1 Å². The second-order valence-corrected chi connectivity index (χ2v) is 4.21. The highest BCUT2D eigenvalue weighted by atomic mass is 16.4. The fraction of sp³-hybridized carbons (Fsp3) is 0.308. The first-order valence-electron chi connectivity index (χ1n) is 5.45. The van der Waals surface area contributed by atoms with Gasteiger partial charge in [-0.3, -0.25) is 0 Å². The molecule has 0 spiro atoms. The lowest BCUT2D eigenvalue weighted by Crippen LogP contribution is -2.04. The maximum Gasteiger partial charge on any atom is 0.191 e. The lowest BCUT2D eigenvalue weighted by Gasteiger charge is -2.13. The monoisotopic (exact) mass is 215 g/mol. The van der Waals surface area contributed by atoms with E-state index in [9.17, 15) is 5.11 Å². The Kier molecular flexibility index (Phi) is 2.07. The van der Waals surface area contributed by atoms with Crippen LogP contribution in [0.1, 0.15) is 23.4 Å². The van der Waals surface area contributed by atoms with Crippen molar-refractivity contribution >= 4 is 0 Å². The molecule has 1 N–H and O–H groups in total. The molecule has 0 aliphatic heterocycles. The SMILES string of the molecule is Cc1nc2c(o1)CC1C=CC=CC1=CC2O. The molecule has 3 heteroatoms. The van der Waals surface area contributed by atoms with Gasteiger partial charge in [-0.05, 0) is 11.6 Å². The van der Waals surface area contributed by atoms with E-state index >= 15 is 0 Å². The van der Waals surface area contributed by atoms with Crippen LogP contribution in [0.5, 0.6) is 0 Å². The number of oxazole rings is 1. The summed E-state index contributed by atoms with van der Waals surface area (Å²) in [5.41, 5.74) is 1.81. The van der Waals surface area contributed by atoms with Crippen LogP contribution in [0.3, 0.4) is 0 Å². The van der Waals surface area contributed by atoms with Crippen molar-refractivity contribution in [3.63, 3.8) is 0 Å². The summed E-state index contributed by atoms with van der Waals surface area (Å²) in [5, 5.41) is 10.0. The van der Waals surface area contributed by atoms with Crippen LogP contribution >= 0.6 is 0 Å². The zero-order valence-corrected chi connectivity index (χ0v) is 9.05. The Bertz CT molecular complexity index is 508. The number of allylic oxidation sites excluding steroid dienone is 5. The predicted octanol–water partition coefficient (Wildman–Crippen LogP) is 2.24. The molecule has 2 atom stereocenters. The molecule has 0 saturated carbocycles. The number of hydrogen-bond donors (Lipinski definition) is 1. The molecule has 0 aromatic carbocycles. The van der Waals surface area contributed by atoms with Crippen molar-refractivity contribution in [2.45, 2.75) is 19.4 Å². The van der Waals surface area contributed by atoms with E-state index in [1.54, 1.807) is 0 Å². The number of hydrogen-bond acceptors (Lipinski definition) is 3. The van der Waals surface area contributed by atoms with Crippen LogP contribution in [0.15, 0.2) is 40.4 Å². The van der Waals surface area contributed by atoms with E-state index in [1.807, 2.05) is 31.2 Å². The van der Waals surface area contributed by atoms with Crippen LogP contribution in [0.4, 0.5) is 0 Å². The van der Waals surface area contributed by atoms with Gasteiger partial charge in [-0.2, -0.15) is 0 Å². The molecular formula is C13H13NO2. The van der Waals surface area contributed by atoms with E-state index in [4.69, 9.17) is 4.42 Å². The molecule has 0 saturated heterocycles. The zero-order valence-electron chi connectivity index (χ0n) is 9.05. The second-order valence-electron chi connectivity index (χ2n) is 4.21. The number of fused-ring (bicyclic) bond motifs is 2. The minimum atomic E-state index is -0.649. The summed E-state index contributed by atoms with van der Waals surface area (Å²) < 4.78 is 5.54. The van der Waals surface area contributed by atoms with Crippen molar-refractivity contribution in [2.75, 3.05) is 0 Å². The van der Waals surface area contributed by atoms with E-state index in [0.717, 1.165) is 17.8 Å². The van der Waals surface area contributed by atoms with Crippen molar-refractivity contribution in [2.24, 2.45) is 5.92 Å². The van der Waals surface area contributed by atoms with Gasteiger partial charge in [0.1, 0.15) is 17.6 Å². The molecule has 3 rings (SSSR count). The third-order valence-electron chi connectivity index (χ3n) is 3.04. The normalized spacial score (nSPS) is 27.0. The molecule has 1 aromatic heterocycles. The highest BCUT2D eigenvalue weighted by Gasteiger charge is 2.26. The number of rotatable bonds is 0. The van der Waals surface area contributed by atoms with Gasteiger partial charge in [0.05, 0.1) is 0 Å². The molecule has 16 heavy (non-hydrogen) atoms. The van der Waals surface area contributed by atoms with E-state index in [2.05, 4.69) is 11.1 Å². The number of aliphatic hydroxyl groups excluding tert-OH is 1. The number of nitrogens with zero attached hydrogens (tertiary/aromatic N) is 1. The Morgan fingerprint density at radius 3 is 3.19 bits per heavy atom. The highest BCUT2D eigenvalue weighted by Crippen LogP contribution is 2.33. The summed E-state index contributed by atoms with van der Waals surface area (Å²) in [7, 11) is 0. The van der Waals surface area contributed by atoms with Crippen molar-refractivity contribution in [3.8, 4) is 0 Å². The van der Waals surface area contributed by atoms with Crippen LogP contribution in [0.25, 0.3) is 0 Å². The van der Waals surface area contributed by atoms with Crippen molar-refractivity contribution in [1.29, 1.82) is 0 Å². The Hall–Kier alpha value is -1.61. The number of aromatic nitrogens is 1. The Balaban J connectivity index is 2.09. The molecule has 1 aromatic rings. The molecule has 0 fully saturated rings. The minimum absolute atomic E-state index is 0.299. The summed E-state index contributed by atoms with van der Waals surface area (Å²) >= 11 is 0. The number of aliphatic hydroxyl groups is 1. The van der Waals surface area contributed by atoms with Crippen LogP contribution < -0.4 is 0 Å². The third kappa shape index (κ3) is 1.44. The predicted molar refractivity (Wildman–Crippen MR) is 59.8 cm³/mol. The largest absolute Gasteiger partial charge is 0.446 e. The zero-order chi connectivity index (χ0) is 11.1.